The summed E-state index contributed by atoms with van der Waals surface area (Å²) in [6, 6.07) is 3.74. The van der Waals surface area contributed by atoms with Crippen molar-refractivity contribution in [2.45, 2.75) is 90.4 Å². The molecule has 0 saturated heterocycles. The fourth-order valence-corrected chi connectivity index (χ4v) is 4.62. The Morgan fingerprint density at radius 3 is 2.08 bits per heavy atom. The van der Waals surface area contributed by atoms with Crippen LogP contribution in [-0.4, -0.2) is 64.5 Å². The van der Waals surface area contributed by atoms with Gasteiger partial charge in [0, 0.05) is 23.5 Å². The van der Waals surface area contributed by atoms with Crippen molar-refractivity contribution in [2.24, 2.45) is 23.3 Å². The zero-order valence-corrected chi connectivity index (χ0v) is 24.0. The number of fused-ring (bicyclic) bond motifs is 1. The Hall–Kier alpha value is -3.44. The van der Waals surface area contributed by atoms with E-state index >= 15 is 0 Å². The molecule has 2 aromatic rings. The van der Waals surface area contributed by atoms with Crippen LogP contribution in [0.5, 0.6) is 0 Å². The Morgan fingerprint density at radius 1 is 0.850 bits per heavy atom. The number of carboxylic acids is 1. The van der Waals surface area contributed by atoms with Crippen LogP contribution in [0.1, 0.15) is 65.4 Å². The fourth-order valence-electron chi connectivity index (χ4n) is 4.62. The Morgan fingerprint density at radius 2 is 1.45 bits per heavy atom. The number of carboxylic acid groups (broad SMARTS) is 1. The SMILES string of the molecule is CC(C)CC(N)C(=O)NC(Cc1c[nH]c2ccccc12)C(=O)NC(CC(C)C)C(=O)NC(CCCCN)C(=O)O. The van der Waals surface area contributed by atoms with Crippen LogP contribution in [0.25, 0.3) is 10.9 Å². The van der Waals surface area contributed by atoms with E-state index in [1.807, 2.05) is 52.0 Å². The molecule has 11 nitrogen and oxygen atoms in total. The molecule has 0 bridgehead atoms. The highest BCUT2D eigenvalue weighted by atomic mass is 16.4. The normalized spacial score (nSPS) is 14.5. The molecule has 0 aliphatic carbocycles. The van der Waals surface area contributed by atoms with E-state index in [9.17, 15) is 24.3 Å². The van der Waals surface area contributed by atoms with Gasteiger partial charge in [-0.25, -0.2) is 4.79 Å². The smallest absolute Gasteiger partial charge is 0.326 e. The van der Waals surface area contributed by atoms with Crippen molar-refractivity contribution < 1.29 is 24.3 Å². The van der Waals surface area contributed by atoms with Gasteiger partial charge < -0.3 is 37.5 Å². The van der Waals surface area contributed by atoms with Crippen LogP contribution in [0.3, 0.4) is 0 Å². The second kappa shape index (κ2) is 16.0. The van der Waals surface area contributed by atoms with Crippen molar-refractivity contribution in [3.05, 3.63) is 36.0 Å². The molecule has 1 heterocycles. The molecule has 1 aromatic carbocycles. The number of carbonyl (C=O) groups is 4. The van der Waals surface area contributed by atoms with E-state index in [0.29, 0.717) is 25.8 Å². The van der Waals surface area contributed by atoms with E-state index < -0.39 is 47.9 Å². The van der Waals surface area contributed by atoms with Crippen LogP contribution in [0.2, 0.25) is 0 Å². The Bertz CT molecular complexity index is 1130. The first-order valence-electron chi connectivity index (χ1n) is 14.1. The number of benzene rings is 1. The van der Waals surface area contributed by atoms with Crippen LogP contribution in [-0.2, 0) is 25.6 Å². The van der Waals surface area contributed by atoms with Crippen molar-refractivity contribution in [3.63, 3.8) is 0 Å². The highest BCUT2D eigenvalue weighted by molar-refractivity contribution is 5.94. The van der Waals surface area contributed by atoms with Crippen molar-refractivity contribution in [1.82, 2.24) is 20.9 Å². The molecule has 2 rings (SSSR count). The average Bonchev–Trinajstić information content (AvgIpc) is 3.29. The van der Waals surface area contributed by atoms with Crippen LogP contribution >= 0.6 is 0 Å². The number of unbranched alkanes of at least 4 members (excludes halogenated alkanes) is 1. The van der Waals surface area contributed by atoms with E-state index in [0.717, 1.165) is 16.5 Å². The monoisotopic (exact) mass is 558 g/mol. The molecule has 4 unspecified atom stereocenters. The quantitative estimate of drug-likeness (QED) is 0.144. The number of nitrogens with two attached hydrogens (primary N) is 2. The molecule has 0 spiro atoms. The number of nitrogens with one attached hydrogen (secondary N) is 4. The zero-order chi connectivity index (χ0) is 29.8. The maximum Gasteiger partial charge on any atom is 0.326 e. The van der Waals surface area contributed by atoms with Crippen LogP contribution in [0, 0.1) is 11.8 Å². The standard InChI is InChI=1S/C29H46N6O5/c1-17(2)13-21(31)26(36)34-25(15-19-16-32-22-10-6-5-9-20(19)22)28(38)35-24(14-18(3)4)27(37)33-23(29(39)40)11-7-8-12-30/h5-6,9-10,16-18,21,23-25,32H,7-8,11-15,30-31H2,1-4H3,(H,33,37)(H,34,36)(H,35,38)(H,39,40). The largest absolute Gasteiger partial charge is 0.480 e. The van der Waals surface area contributed by atoms with E-state index in [1.54, 1.807) is 6.20 Å². The molecular weight excluding hydrogens is 512 g/mol. The molecule has 1 aromatic heterocycles. The zero-order valence-electron chi connectivity index (χ0n) is 24.0. The molecule has 0 fully saturated rings. The number of amides is 3. The number of rotatable bonds is 17. The third-order valence-electron chi connectivity index (χ3n) is 6.70. The molecule has 3 amide bonds. The maximum absolute atomic E-state index is 13.6. The van der Waals surface area contributed by atoms with Crippen LogP contribution in [0.15, 0.2) is 30.5 Å². The van der Waals surface area contributed by atoms with E-state index in [4.69, 9.17) is 11.5 Å². The maximum atomic E-state index is 13.6. The van der Waals surface area contributed by atoms with E-state index in [-0.39, 0.29) is 31.1 Å². The third kappa shape index (κ3) is 10.3. The second-order valence-corrected chi connectivity index (χ2v) is 11.2. The summed E-state index contributed by atoms with van der Waals surface area (Å²) in [4.78, 5) is 54.7. The van der Waals surface area contributed by atoms with Gasteiger partial charge in [-0.15, -0.1) is 0 Å². The van der Waals surface area contributed by atoms with E-state index in [1.165, 1.54) is 0 Å². The van der Waals surface area contributed by atoms with Crippen LogP contribution in [0.4, 0.5) is 0 Å². The summed E-state index contributed by atoms with van der Waals surface area (Å²) in [7, 11) is 0. The molecule has 4 atom stereocenters. The number of carbonyl (C=O) groups excluding carboxylic acids is 3. The third-order valence-corrected chi connectivity index (χ3v) is 6.70. The fraction of sp³-hybridized carbons (Fsp3) is 0.586. The van der Waals surface area contributed by atoms with Gasteiger partial charge in [0.05, 0.1) is 6.04 Å². The van der Waals surface area contributed by atoms with Gasteiger partial charge in [-0.1, -0.05) is 45.9 Å². The molecule has 9 N–H and O–H groups in total. The number of aromatic nitrogens is 1. The molecule has 11 heteroatoms. The number of hydrogen-bond donors (Lipinski definition) is 7. The molecule has 222 valence electrons. The number of hydrogen-bond acceptors (Lipinski definition) is 6. The molecule has 0 aliphatic rings. The number of aliphatic carboxylic acids is 1. The lowest BCUT2D eigenvalue weighted by Crippen LogP contribution is -2.58. The molecular formula is C29H46N6O5. The summed E-state index contributed by atoms with van der Waals surface area (Å²) >= 11 is 0. The second-order valence-electron chi connectivity index (χ2n) is 11.2. The lowest BCUT2D eigenvalue weighted by atomic mass is 9.99. The predicted octanol–water partition coefficient (Wildman–Crippen LogP) is 1.80. The lowest BCUT2D eigenvalue weighted by Gasteiger charge is -2.26. The van der Waals surface area contributed by atoms with Gasteiger partial charge in [0.25, 0.3) is 0 Å². The van der Waals surface area contributed by atoms with Crippen molar-refractivity contribution in [2.75, 3.05) is 6.54 Å². The Balaban J connectivity index is 2.27. The average molecular weight is 559 g/mol. The lowest BCUT2D eigenvalue weighted by molar-refractivity contribution is -0.142. The number of para-hydroxylation sites is 1. The first-order chi connectivity index (χ1) is 18.9. The molecule has 0 radical (unpaired) electrons. The summed E-state index contributed by atoms with van der Waals surface area (Å²) in [5, 5.41) is 18.7. The predicted molar refractivity (Wildman–Crippen MR) is 155 cm³/mol. The minimum Gasteiger partial charge on any atom is -0.480 e. The number of aromatic amines is 1. The molecule has 0 saturated carbocycles. The highest BCUT2D eigenvalue weighted by Gasteiger charge is 2.31. The number of H-pyrrole nitrogens is 1. The van der Waals surface area contributed by atoms with Crippen molar-refractivity contribution in [3.8, 4) is 0 Å². The summed E-state index contributed by atoms with van der Waals surface area (Å²) in [6.07, 6.45) is 4.11. The van der Waals surface area contributed by atoms with Gasteiger partial charge in [0.15, 0.2) is 0 Å². The van der Waals surface area contributed by atoms with Crippen molar-refractivity contribution >= 4 is 34.6 Å². The van der Waals surface area contributed by atoms with Gasteiger partial charge in [-0.05, 0) is 62.1 Å². The first-order valence-corrected chi connectivity index (χ1v) is 14.1. The summed E-state index contributed by atoms with van der Waals surface area (Å²) in [5.74, 6) is -2.53. The summed E-state index contributed by atoms with van der Waals surface area (Å²) in [5.41, 5.74) is 13.3. The molecule has 0 aliphatic heterocycles. The Kier molecular flexibility index (Phi) is 13.1. The summed E-state index contributed by atoms with van der Waals surface area (Å²) in [6.45, 7) is 8.14. The van der Waals surface area contributed by atoms with Crippen molar-refractivity contribution in [1.29, 1.82) is 0 Å². The summed E-state index contributed by atoms with van der Waals surface area (Å²) < 4.78 is 0. The Labute approximate surface area is 236 Å². The minimum atomic E-state index is -1.15. The van der Waals surface area contributed by atoms with Gasteiger partial charge in [-0.3, -0.25) is 14.4 Å². The van der Waals surface area contributed by atoms with Gasteiger partial charge in [-0.2, -0.15) is 0 Å². The van der Waals surface area contributed by atoms with Gasteiger partial charge >= 0.3 is 5.97 Å². The highest BCUT2D eigenvalue weighted by Crippen LogP contribution is 2.19. The van der Waals surface area contributed by atoms with E-state index in [2.05, 4.69) is 20.9 Å². The first kappa shape index (κ1) is 32.8. The molecule has 40 heavy (non-hydrogen) atoms. The minimum absolute atomic E-state index is 0.0256. The van der Waals surface area contributed by atoms with Gasteiger partial charge in [0.1, 0.15) is 18.1 Å². The van der Waals surface area contributed by atoms with Crippen LogP contribution < -0.4 is 27.4 Å². The van der Waals surface area contributed by atoms with Gasteiger partial charge in [0.2, 0.25) is 17.7 Å². The topological polar surface area (TPSA) is 192 Å².